The van der Waals surface area contributed by atoms with Gasteiger partial charge >= 0.3 is 0 Å². The number of thioether (sulfide) groups is 1. The lowest BCUT2D eigenvalue weighted by Gasteiger charge is -2.02. The van der Waals surface area contributed by atoms with Crippen LogP contribution in [0, 0.1) is 11.6 Å². The monoisotopic (exact) mass is 250 g/mol. The van der Waals surface area contributed by atoms with Crippen molar-refractivity contribution in [3.63, 3.8) is 0 Å². The van der Waals surface area contributed by atoms with Gasteiger partial charge in [0.05, 0.1) is 5.56 Å². The topological polar surface area (TPSA) is 17.1 Å². The first-order valence-corrected chi connectivity index (χ1v) is 5.71. The van der Waals surface area contributed by atoms with Gasteiger partial charge in [0.2, 0.25) is 5.12 Å². The van der Waals surface area contributed by atoms with Crippen LogP contribution < -0.4 is 0 Å². The molecule has 0 aromatic heterocycles. The summed E-state index contributed by atoms with van der Waals surface area (Å²) in [6.45, 7) is 0. The number of carbonyl (C=O) groups excluding carboxylic acids is 1. The molecule has 0 N–H and O–H groups in total. The van der Waals surface area contributed by atoms with Crippen LogP contribution in [0.15, 0.2) is 53.4 Å². The van der Waals surface area contributed by atoms with E-state index in [1.807, 2.05) is 6.07 Å². The Balaban J connectivity index is 2.21. The van der Waals surface area contributed by atoms with Crippen LogP contribution in [0.2, 0.25) is 0 Å². The average molecular weight is 250 g/mol. The first-order valence-electron chi connectivity index (χ1n) is 4.89. The fraction of sp³-hybridized carbons (Fsp3) is 0. The molecule has 0 radical (unpaired) electrons. The Hall–Kier alpha value is -1.68. The average Bonchev–Trinajstić information content (AvgIpc) is 2.30. The van der Waals surface area contributed by atoms with Gasteiger partial charge in [-0.15, -0.1) is 0 Å². The minimum absolute atomic E-state index is 0.111. The van der Waals surface area contributed by atoms with Gasteiger partial charge in [-0.05, 0) is 36.0 Å². The molecule has 2 aromatic carbocycles. The maximum absolute atomic E-state index is 13.3. The molecule has 0 fully saturated rings. The molecule has 0 unspecified atom stereocenters. The van der Waals surface area contributed by atoms with Crippen LogP contribution in [-0.2, 0) is 0 Å². The summed E-state index contributed by atoms with van der Waals surface area (Å²) in [4.78, 5) is 12.5. The summed E-state index contributed by atoms with van der Waals surface area (Å²) in [5.74, 6) is -1.53. The summed E-state index contributed by atoms with van der Waals surface area (Å²) < 4.78 is 26.0. The minimum Gasteiger partial charge on any atom is -0.281 e. The Morgan fingerprint density at radius 3 is 2.35 bits per heavy atom. The Kier molecular flexibility index (Phi) is 3.54. The summed E-state index contributed by atoms with van der Waals surface area (Å²) in [6, 6.07) is 11.8. The van der Waals surface area contributed by atoms with Crippen molar-refractivity contribution < 1.29 is 13.6 Å². The molecule has 0 bridgehead atoms. The Morgan fingerprint density at radius 2 is 1.71 bits per heavy atom. The lowest BCUT2D eigenvalue weighted by Crippen LogP contribution is -1.98. The first-order chi connectivity index (χ1) is 8.16. The zero-order chi connectivity index (χ0) is 12.3. The van der Waals surface area contributed by atoms with Crippen molar-refractivity contribution in [2.24, 2.45) is 0 Å². The molecule has 0 saturated heterocycles. The quantitative estimate of drug-likeness (QED) is 0.752. The van der Waals surface area contributed by atoms with E-state index in [-0.39, 0.29) is 5.56 Å². The maximum atomic E-state index is 13.3. The van der Waals surface area contributed by atoms with Crippen molar-refractivity contribution in [2.75, 3.05) is 0 Å². The van der Waals surface area contributed by atoms with Crippen LogP contribution in [-0.4, -0.2) is 5.12 Å². The van der Waals surface area contributed by atoms with Crippen molar-refractivity contribution in [1.29, 1.82) is 0 Å². The van der Waals surface area contributed by atoms with Crippen LogP contribution in [0.4, 0.5) is 8.78 Å². The number of hydrogen-bond acceptors (Lipinski definition) is 2. The molecule has 0 aliphatic rings. The molecule has 0 atom stereocenters. The number of carbonyl (C=O) groups is 1. The molecular formula is C13H8F2OS. The van der Waals surface area contributed by atoms with E-state index in [0.29, 0.717) is 6.07 Å². The van der Waals surface area contributed by atoms with E-state index >= 15 is 0 Å². The maximum Gasteiger partial charge on any atom is 0.227 e. The van der Waals surface area contributed by atoms with Crippen molar-refractivity contribution in [3.8, 4) is 0 Å². The van der Waals surface area contributed by atoms with Gasteiger partial charge in [0.25, 0.3) is 0 Å². The molecule has 0 saturated carbocycles. The predicted molar refractivity (Wildman–Crippen MR) is 63.0 cm³/mol. The van der Waals surface area contributed by atoms with Crippen LogP contribution in [0.25, 0.3) is 0 Å². The van der Waals surface area contributed by atoms with Crippen LogP contribution in [0.5, 0.6) is 0 Å². The van der Waals surface area contributed by atoms with Gasteiger partial charge in [0.1, 0.15) is 11.6 Å². The van der Waals surface area contributed by atoms with E-state index in [9.17, 15) is 13.6 Å². The smallest absolute Gasteiger partial charge is 0.227 e. The molecule has 0 spiro atoms. The van der Waals surface area contributed by atoms with Crippen molar-refractivity contribution in [1.82, 2.24) is 0 Å². The van der Waals surface area contributed by atoms with Crippen molar-refractivity contribution >= 4 is 16.9 Å². The summed E-state index contributed by atoms with van der Waals surface area (Å²) in [7, 11) is 0. The van der Waals surface area contributed by atoms with E-state index in [0.717, 1.165) is 28.8 Å². The normalized spacial score (nSPS) is 10.2. The molecule has 0 aliphatic carbocycles. The largest absolute Gasteiger partial charge is 0.281 e. The van der Waals surface area contributed by atoms with E-state index in [4.69, 9.17) is 0 Å². The highest BCUT2D eigenvalue weighted by Crippen LogP contribution is 2.24. The lowest BCUT2D eigenvalue weighted by atomic mass is 10.2. The van der Waals surface area contributed by atoms with Crippen LogP contribution >= 0.6 is 11.8 Å². The van der Waals surface area contributed by atoms with Gasteiger partial charge in [-0.2, -0.15) is 0 Å². The van der Waals surface area contributed by atoms with E-state index in [1.165, 1.54) is 0 Å². The fourth-order valence-electron chi connectivity index (χ4n) is 1.31. The summed E-state index contributed by atoms with van der Waals surface area (Å²) in [5, 5.41) is -0.436. The second-order valence-electron chi connectivity index (χ2n) is 3.33. The molecule has 2 rings (SSSR count). The third-order valence-electron chi connectivity index (χ3n) is 2.10. The number of benzene rings is 2. The van der Waals surface area contributed by atoms with Crippen LogP contribution in [0.3, 0.4) is 0 Å². The second-order valence-corrected chi connectivity index (χ2v) is 4.37. The summed E-state index contributed by atoms with van der Waals surface area (Å²) >= 11 is 0.915. The zero-order valence-corrected chi connectivity index (χ0v) is 9.51. The molecular weight excluding hydrogens is 242 g/mol. The molecule has 1 nitrogen and oxygen atoms in total. The third-order valence-corrected chi connectivity index (χ3v) is 3.02. The Bertz CT molecular complexity index is 540. The van der Waals surface area contributed by atoms with Gasteiger partial charge in [0.15, 0.2) is 0 Å². The van der Waals surface area contributed by atoms with E-state index < -0.39 is 16.7 Å². The van der Waals surface area contributed by atoms with Crippen molar-refractivity contribution in [3.05, 3.63) is 65.7 Å². The van der Waals surface area contributed by atoms with Gasteiger partial charge in [0, 0.05) is 11.0 Å². The lowest BCUT2D eigenvalue weighted by molar-refractivity contribution is 0.108. The molecule has 2 aromatic rings. The first kappa shape index (κ1) is 11.8. The molecule has 0 heterocycles. The predicted octanol–water partition coefficient (Wildman–Crippen LogP) is 3.90. The Morgan fingerprint density at radius 1 is 1.00 bits per heavy atom. The molecule has 17 heavy (non-hydrogen) atoms. The highest BCUT2D eigenvalue weighted by atomic mass is 32.2. The molecule has 0 amide bonds. The number of rotatable bonds is 2. The highest BCUT2D eigenvalue weighted by Gasteiger charge is 2.13. The highest BCUT2D eigenvalue weighted by molar-refractivity contribution is 8.14. The SMILES string of the molecule is O=C(Sc1ccccc1)c1ccc(F)cc1F. The Labute approximate surface area is 101 Å². The van der Waals surface area contributed by atoms with Crippen molar-refractivity contribution in [2.45, 2.75) is 4.90 Å². The second kappa shape index (κ2) is 5.10. The standard InChI is InChI=1S/C13H8F2OS/c14-9-6-7-11(12(15)8-9)13(16)17-10-4-2-1-3-5-10/h1-8H. The molecule has 4 heteroatoms. The summed E-state index contributed by atoms with van der Waals surface area (Å²) in [6.07, 6.45) is 0. The van der Waals surface area contributed by atoms with Gasteiger partial charge < -0.3 is 0 Å². The van der Waals surface area contributed by atoms with E-state index in [2.05, 4.69) is 0 Å². The van der Waals surface area contributed by atoms with Gasteiger partial charge in [-0.3, -0.25) is 4.79 Å². The summed E-state index contributed by atoms with van der Waals surface area (Å²) in [5.41, 5.74) is -0.111. The third kappa shape index (κ3) is 2.91. The van der Waals surface area contributed by atoms with Gasteiger partial charge in [-0.25, -0.2) is 8.78 Å². The van der Waals surface area contributed by atoms with Gasteiger partial charge in [-0.1, -0.05) is 18.2 Å². The molecule has 0 aliphatic heterocycles. The number of halogens is 2. The fourth-order valence-corrected chi connectivity index (χ4v) is 2.09. The molecule has 86 valence electrons. The van der Waals surface area contributed by atoms with E-state index in [1.54, 1.807) is 24.3 Å². The number of hydrogen-bond donors (Lipinski definition) is 0. The zero-order valence-electron chi connectivity index (χ0n) is 8.69. The van der Waals surface area contributed by atoms with Crippen LogP contribution in [0.1, 0.15) is 10.4 Å². The minimum atomic E-state index is -0.835.